The van der Waals surface area contributed by atoms with E-state index in [9.17, 15) is 23.3 Å². The van der Waals surface area contributed by atoms with Crippen molar-refractivity contribution in [2.75, 3.05) is 6.67 Å². The molecule has 0 aliphatic carbocycles. The number of hydrogen-bond donors (Lipinski definition) is 1. The summed E-state index contributed by atoms with van der Waals surface area (Å²) in [5.74, 6) is -2.62. The lowest BCUT2D eigenvalue weighted by Crippen LogP contribution is -2.67. The van der Waals surface area contributed by atoms with Crippen LogP contribution in [0.2, 0.25) is 0 Å². The van der Waals surface area contributed by atoms with Gasteiger partial charge in [0.25, 0.3) is 0 Å². The summed E-state index contributed by atoms with van der Waals surface area (Å²) in [4.78, 5) is 41.2. The third kappa shape index (κ3) is 9.35. The normalized spacial score (nSPS) is 27.4. The van der Waals surface area contributed by atoms with E-state index in [4.69, 9.17) is 18.9 Å². The zero-order valence-electron chi connectivity index (χ0n) is 28.3. The highest BCUT2D eigenvalue weighted by molar-refractivity contribution is 8.00. The van der Waals surface area contributed by atoms with Crippen LogP contribution in [0.5, 0.6) is 0 Å². The van der Waals surface area contributed by atoms with E-state index in [-0.39, 0.29) is 22.6 Å². The number of alkyl halides is 1. The summed E-state index contributed by atoms with van der Waals surface area (Å²) in [6.07, 6.45) is -1.20. The van der Waals surface area contributed by atoms with Crippen LogP contribution in [0.25, 0.3) is 0 Å². The number of hydrogen-bond acceptors (Lipinski definition) is 10. The molecule has 0 saturated carbocycles. The van der Waals surface area contributed by atoms with Gasteiger partial charge in [-0.05, 0) is 69.5 Å². The first-order valence-electron chi connectivity index (χ1n) is 16.5. The molecule has 1 N–H and O–H groups in total. The van der Waals surface area contributed by atoms with Crippen molar-refractivity contribution < 1.29 is 42.3 Å². The number of carbonyl (C=O) groups is 3. The second-order valence-electron chi connectivity index (χ2n) is 13.1. The standard InChI is InChI=1S/C38H42FNO8S2/c1-24-15-14-22-28(23-39)49-37-33(47-36(43)27-20-12-7-13-21-27)32(46-35(42)26-18-10-6-11-19-26)31(45-34(41)25-16-8-5-9-17-25)30(48-37)29(24)40-50(44)38(2,3)4/h5-21,24,28-33,37,40H,22-23H2,1-4H3/t24-,28+,29-,30-,31+,32+,33-,37-,50-/m1/s1. The van der Waals surface area contributed by atoms with Crippen LogP contribution in [-0.4, -0.2) is 75.0 Å². The summed E-state index contributed by atoms with van der Waals surface area (Å²) < 4.78 is 56.0. The van der Waals surface area contributed by atoms with E-state index >= 15 is 0 Å². The van der Waals surface area contributed by atoms with Crippen molar-refractivity contribution in [3.05, 3.63) is 120 Å². The molecule has 9 atom stereocenters. The third-order valence-electron chi connectivity index (χ3n) is 8.35. The van der Waals surface area contributed by atoms with E-state index < -0.39 is 81.8 Å². The highest BCUT2D eigenvalue weighted by Gasteiger charge is 2.57. The van der Waals surface area contributed by atoms with Gasteiger partial charge in [0.05, 0.1) is 22.7 Å². The number of carbonyl (C=O) groups excluding carboxylic acids is 3. The van der Waals surface area contributed by atoms with Gasteiger partial charge in [0.2, 0.25) is 0 Å². The van der Waals surface area contributed by atoms with Crippen LogP contribution in [-0.2, 0) is 30.3 Å². The Morgan fingerprint density at radius 3 is 1.74 bits per heavy atom. The number of nitrogens with one attached hydrogen (secondary N) is 1. The van der Waals surface area contributed by atoms with Crippen molar-refractivity contribution in [1.29, 1.82) is 0 Å². The Bertz CT molecular complexity index is 1610. The smallest absolute Gasteiger partial charge is 0.338 e. The lowest BCUT2D eigenvalue weighted by molar-refractivity contribution is -0.207. The van der Waals surface area contributed by atoms with Crippen LogP contribution in [0.3, 0.4) is 0 Å². The molecular weight excluding hydrogens is 682 g/mol. The summed E-state index contributed by atoms with van der Waals surface area (Å²) in [5, 5.41) is -0.607. The zero-order valence-corrected chi connectivity index (χ0v) is 29.9. The number of thioether (sulfide) groups is 1. The molecule has 2 heterocycles. The van der Waals surface area contributed by atoms with Crippen molar-refractivity contribution >= 4 is 41.0 Å². The van der Waals surface area contributed by atoms with Crippen LogP contribution in [0.4, 0.5) is 4.39 Å². The maximum atomic E-state index is 14.5. The van der Waals surface area contributed by atoms with E-state index in [1.165, 1.54) is 0 Å². The fourth-order valence-corrected chi connectivity index (χ4v) is 7.79. The second kappa shape index (κ2) is 17.0. The molecule has 0 amide bonds. The Kier molecular flexibility index (Phi) is 12.8. The molecule has 2 aliphatic heterocycles. The molecule has 3 aromatic rings. The number of rotatable bonds is 9. The number of benzene rings is 3. The number of esters is 3. The molecule has 0 radical (unpaired) electrons. The largest absolute Gasteiger partial charge is 0.598 e. The molecule has 0 spiro atoms. The topological polar surface area (TPSA) is 123 Å². The highest BCUT2D eigenvalue weighted by Crippen LogP contribution is 2.40. The van der Waals surface area contributed by atoms with Crippen molar-refractivity contribution in [3.63, 3.8) is 0 Å². The Morgan fingerprint density at radius 1 is 0.820 bits per heavy atom. The van der Waals surface area contributed by atoms with E-state index in [0.717, 1.165) is 11.8 Å². The summed E-state index contributed by atoms with van der Waals surface area (Å²) >= 11 is -0.520. The van der Waals surface area contributed by atoms with Crippen LogP contribution in [0.1, 0.15) is 65.2 Å². The first kappa shape index (κ1) is 37.6. The van der Waals surface area contributed by atoms with Gasteiger partial charge in [0, 0.05) is 16.6 Å². The Labute approximate surface area is 299 Å². The fraction of sp³-hybridized carbons (Fsp3) is 0.395. The molecule has 1 saturated heterocycles. The Hall–Kier alpha value is -3.68. The van der Waals surface area contributed by atoms with Gasteiger partial charge < -0.3 is 23.5 Å². The Morgan fingerprint density at radius 2 is 1.28 bits per heavy atom. The molecule has 1 fully saturated rings. The van der Waals surface area contributed by atoms with E-state index in [1.807, 2.05) is 39.8 Å². The molecule has 9 nitrogen and oxygen atoms in total. The monoisotopic (exact) mass is 723 g/mol. The van der Waals surface area contributed by atoms with Crippen LogP contribution < -0.4 is 4.72 Å². The highest BCUT2D eigenvalue weighted by atomic mass is 32.2. The van der Waals surface area contributed by atoms with Crippen molar-refractivity contribution in [1.82, 2.24) is 4.72 Å². The molecule has 266 valence electrons. The maximum Gasteiger partial charge on any atom is 0.338 e. The predicted molar refractivity (Wildman–Crippen MR) is 191 cm³/mol. The Balaban J connectivity index is 1.66. The van der Waals surface area contributed by atoms with Crippen LogP contribution in [0.15, 0.2) is 103 Å². The lowest BCUT2D eigenvalue weighted by atomic mass is 9.87. The minimum atomic E-state index is -1.62. The van der Waals surface area contributed by atoms with Crippen molar-refractivity contribution in [2.24, 2.45) is 5.92 Å². The molecule has 5 rings (SSSR count). The molecule has 50 heavy (non-hydrogen) atoms. The minimum Gasteiger partial charge on any atom is -0.598 e. The molecular formula is C38H42FNO8S2. The fourth-order valence-electron chi connectivity index (χ4n) is 5.61. The number of fused-ring (bicyclic) bond motifs is 2. The molecule has 3 aromatic carbocycles. The summed E-state index contributed by atoms with van der Waals surface area (Å²) in [5.41, 5.74) is -0.421. The van der Waals surface area contributed by atoms with Crippen LogP contribution in [0, 0.1) is 5.92 Å². The van der Waals surface area contributed by atoms with Gasteiger partial charge in [-0.3, -0.25) is 0 Å². The quantitative estimate of drug-likeness (QED) is 0.114. The van der Waals surface area contributed by atoms with Gasteiger partial charge in [0.15, 0.2) is 18.3 Å². The average molecular weight is 724 g/mol. The van der Waals surface area contributed by atoms with E-state index in [0.29, 0.717) is 6.42 Å². The summed E-state index contributed by atoms with van der Waals surface area (Å²) in [6, 6.07) is 24.0. The van der Waals surface area contributed by atoms with E-state index in [1.54, 1.807) is 91.0 Å². The predicted octanol–water partition coefficient (Wildman–Crippen LogP) is 6.48. The minimum absolute atomic E-state index is 0.212. The number of allylic oxidation sites excluding steroid dienone is 1. The van der Waals surface area contributed by atoms with Crippen LogP contribution >= 0.6 is 11.8 Å². The van der Waals surface area contributed by atoms with Crippen molar-refractivity contribution in [2.45, 2.75) is 80.0 Å². The number of ether oxygens (including phenoxy) is 4. The van der Waals surface area contributed by atoms with Crippen molar-refractivity contribution in [3.8, 4) is 0 Å². The lowest BCUT2D eigenvalue weighted by Gasteiger charge is -2.48. The van der Waals surface area contributed by atoms with Gasteiger partial charge in [-0.15, -0.1) is 16.5 Å². The van der Waals surface area contributed by atoms with E-state index in [2.05, 4.69) is 4.72 Å². The first-order valence-corrected chi connectivity index (χ1v) is 18.5. The maximum absolute atomic E-state index is 14.5. The SMILES string of the molecule is C[C@@H]1C=CC[C@@H](CF)S[C@H]2O[C@H]([C@@H]1N[S@+]([O-])C(C)(C)C)[C@H](OC(=O)c1ccccc1)[C@H](OC(=O)c1ccccc1)[C@H]2OC(=O)c1ccccc1. The molecule has 12 heteroatoms. The molecule has 2 bridgehead atoms. The number of halogens is 1. The van der Waals surface area contributed by atoms with Gasteiger partial charge in [-0.2, -0.15) is 0 Å². The van der Waals surface area contributed by atoms with Gasteiger partial charge >= 0.3 is 17.9 Å². The second-order valence-corrected chi connectivity index (χ2v) is 16.5. The van der Waals surface area contributed by atoms with Gasteiger partial charge in [-0.25, -0.2) is 18.8 Å². The molecule has 0 aromatic heterocycles. The van der Waals surface area contributed by atoms with Gasteiger partial charge in [0.1, 0.15) is 23.0 Å². The third-order valence-corrected chi connectivity index (χ3v) is 11.3. The first-order chi connectivity index (χ1) is 24.0. The zero-order chi connectivity index (χ0) is 35.8. The van der Waals surface area contributed by atoms with Gasteiger partial charge in [-0.1, -0.05) is 73.7 Å². The summed E-state index contributed by atoms with van der Waals surface area (Å²) in [6.45, 7) is 6.62. The molecule has 2 aliphatic rings. The summed E-state index contributed by atoms with van der Waals surface area (Å²) in [7, 11) is 0. The average Bonchev–Trinajstić information content (AvgIpc) is 3.12. The molecule has 0 unspecified atom stereocenters.